The first-order valence-electron chi connectivity index (χ1n) is 5.93. The number of anilines is 2. The van der Waals surface area contributed by atoms with Crippen LogP contribution in [-0.4, -0.2) is 17.1 Å². The van der Waals surface area contributed by atoms with Gasteiger partial charge in [-0.3, -0.25) is 0 Å². The van der Waals surface area contributed by atoms with Crippen LogP contribution < -0.4 is 15.4 Å². The van der Waals surface area contributed by atoms with Crippen LogP contribution in [0.2, 0.25) is 5.02 Å². The van der Waals surface area contributed by atoms with Crippen LogP contribution in [0.15, 0.2) is 24.3 Å². The lowest BCUT2D eigenvalue weighted by atomic mass is 10.2. The normalized spacial score (nSPS) is 13.2. The second-order valence-electron chi connectivity index (χ2n) is 4.22. The smallest absolute Gasteiger partial charge is 0.318 e. The third-order valence-electron chi connectivity index (χ3n) is 2.94. The summed E-state index contributed by atoms with van der Waals surface area (Å²) in [5.41, 5.74) is 2.93. The summed E-state index contributed by atoms with van der Waals surface area (Å²) >= 11 is 5.98. The van der Waals surface area contributed by atoms with E-state index < -0.39 is 0 Å². The maximum atomic E-state index is 5.98. The van der Waals surface area contributed by atoms with Crippen LogP contribution in [0.3, 0.4) is 0 Å². The number of nitrogens with zero attached hydrogens (tertiary/aromatic N) is 2. The SMILES string of the molecule is COc1nc2c(c(Nc3cccc(Cl)c3)n1)CNC2. The molecule has 1 aliphatic heterocycles. The molecule has 0 radical (unpaired) electrons. The number of fused-ring (bicyclic) bond motifs is 1. The molecule has 5 nitrogen and oxygen atoms in total. The minimum Gasteiger partial charge on any atom is -0.467 e. The number of halogens is 1. The Morgan fingerprint density at radius 2 is 2.21 bits per heavy atom. The van der Waals surface area contributed by atoms with Gasteiger partial charge in [-0.1, -0.05) is 17.7 Å². The van der Waals surface area contributed by atoms with E-state index in [2.05, 4.69) is 20.6 Å². The monoisotopic (exact) mass is 276 g/mol. The van der Waals surface area contributed by atoms with E-state index in [4.69, 9.17) is 16.3 Å². The Bertz CT molecular complexity index is 618. The lowest BCUT2D eigenvalue weighted by molar-refractivity contribution is 0.379. The van der Waals surface area contributed by atoms with Gasteiger partial charge in [-0.05, 0) is 18.2 Å². The second-order valence-corrected chi connectivity index (χ2v) is 4.66. The standard InChI is InChI=1S/C13H13ClN4O/c1-19-13-17-11-7-15-6-10(11)12(18-13)16-9-4-2-3-8(14)5-9/h2-5,15H,6-7H2,1H3,(H,16,17,18). The Kier molecular flexibility index (Phi) is 3.23. The van der Waals surface area contributed by atoms with Crippen LogP contribution in [0.4, 0.5) is 11.5 Å². The number of benzene rings is 1. The molecule has 3 rings (SSSR count). The van der Waals surface area contributed by atoms with E-state index in [9.17, 15) is 0 Å². The molecule has 0 spiro atoms. The molecule has 0 saturated carbocycles. The fourth-order valence-corrected chi connectivity index (χ4v) is 2.23. The molecule has 0 atom stereocenters. The van der Waals surface area contributed by atoms with E-state index in [1.165, 1.54) is 0 Å². The summed E-state index contributed by atoms with van der Waals surface area (Å²) in [4.78, 5) is 8.69. The van der Waals surface area contributed by atoms with Crippen molar-refractivity contribution < 1.29 is 4.74 Å². The Labute approximate surface area is 116 Å². The van der Waals surface area contributed by atoms with Crippen molar-refractivity contribution in [2.45, 2.75) is 13.1 Å². The highest BCUT2D eigenvalue weighted by molar-refractivity contribution is 6.30. The van der Waals surface area contributed by atoms with Crippen molar-refractivity contribution in [3.8, 4) is 6.01 Å². The first kappa shape index (κ1) is 12.2. The maximum absolute atomic E-state index is 5.98. The Morgan fingerprint density at radius 3 is 3.00 bits per heavy atom. The zero-order valence-electron chi connectivity index (χ0n) is 10.4. The minimum atomic E-state index is 0.368. The quantitative estimate of drug-likeness (QED) is 0.902. The van der Waals surface area contributed by atoms with Crippen LogP contribution >= 0.6 is 11.6 Å². The fourth-order valence-electron chi connectivity index (χ4n) is 2.04. The number of ether oxygens (including phenoxy) is 1. The number of hydrogen-bond donors (Lipinski definition) is 2. The number of rotatable bonds is 3. The zero-order valence-corrected chi connectivity index (χ0v) is 11.2. The van der Waals surface area contributed by atoms with E-state index in [0.29, 0.717) is 11.0 Å². The molecule has 1 aromatic carbocycles. The van der Waals surface area contributed by atoms with Crippen LogP contribution in [0.25, 0.3) is 0 Å². The average Bonchev–Trinajstić information content (AvgIpc) is 2.87. The molecule has 0 saturated heterocycles. The molecule has 6 heteroatoms. The van der Waals surface area contributed by atoms with Gasteiger partial charge in [-0.2, -0.15) is 9.97 Å². The van der Waals surface area contributed by atoms with E-state index >= 15 is 0 Å². The van der Waals surface area contributed by atoms with Crippen molar-refractivity contribution in [2.24, 2.45) is 0 Å². The third-order valence-corrected chi connectivity index (χ3v) is 3.17. The summed E-state index contributed by atoms with van der Waals surface area (Å²) < 4.78 is 5.13. The molecule has 1 aliphatic rings. The highest BCUT2D eigenvalue weighted by atomic mass is 35.5. The van der Waals surface area contributed by atoms with E-state index in [1.807, 2.05) is 24.3 Å². The van der Waals surface area contributed by atoms with Crippen LogP contribution in [-0.2, 0) is 13.1 Å². The molecule has 98 valence electrons. The summed E-state index contributed by atoms with van der Waals surface area (Å²) in [7, 11) is 1.56. The summed E-state index contributed by atoms with van der Waals surface area (Å²) in [6.07, 6.45) is 0. The highest BCUT2D eigenvalue weighted by Gasteiger charge is 2.19. The van der Waals surface area contributed by atoms with Crippen molar-refractivity contribution in [1.29, 1.82) is 0 Å². The molecule has 2 heterocycles. The van der Waals surface area contributed by atoms with Gasteiger partial charge in [0.25, 0.3) is 0 Å². The topological polar surface area (TPSA) is 59.1 Å². The zero-order chi connectivity index (χ0) is 13.2. The molecule has 0 fully saturated rings. The van der Waals surface area contributed by atoms with E-state index in [-0.39, 0.29) is 0 Å². The van der Waals surface area contributed by atoms with Crippen molar-refractivity contribution >= 4 is 23.1 Å². The largest absolute Gasteiger partial charge is 0.467 e. The molecule has 0 bridgehead atoms. The highest BCUT2D eigenvalue weighted by Crippen LogP contribution is 2.27. The van der Waals surface area contributed by atoms with Crippen LogP contribution in [0.1, 0.15) is 11.3 Å². The first-order valence-corrected chi connectivity index (χ1v) is 6.31. The lowest BCUT2D eigenvalue weighted by Gasteiger charge is -2.11. The molecular formula is C13H13ClN4O. The fraction of sp³-hybridized carbons (Fsp3) is 0.231. The molecule has 2 aromatic rings. The van der Waals surface area contributed by atoms with Gasteiger partial charge < -0.3 is 15.4 Å². The lowest BCUT2D eigenvalue weighted by Crippen LogP contribution is -2.04. The van der Waals surface area contributed by atoms with Gasteiger partial charge >= 0.3 is 6.01 Å². The number of hydrogen-bond acceptors (Lipinski definition) is 5. The average molecular weight is 277 g/mol. The van der Waals surface area contributed by atoms with Gasteiger partial charge in [0.15, 0.2) is 0 Å². The van der Waals surface area contributed by atoms with Gasteiger partial charge in [0.05, 0.1) is 12.8 Å². The molecular weight excluding hydrogens is 264 g/mol. The van der Waals surface area contributed by atoms with Crippen molar-refractivity contribution in [2.75, 3.05) is 12.4 Å². The number of aromatic nitrogens is 2. The maximum Gasteiger partial charge on any atom is 0.318 e. The number of methoxy groups -OCH3 is 1. The van der Waals surface area contributed by atoms with Gasteiger partial charge in [0.1, 0.15) is 5.82 Å². The first-order chi connectivity index (χ1) is 9.26. The van der Waals surface area contributed by atoms with Crippen LogP contribution in [0.5, 0.6) is 6.01 Å². The molecule has 19 heavy (non-hydrogen) atoms. The van der Waals surface area contributed by atoms with Gasteiger partial charge in [-0.15, -0.1) is 0 Å². The third kappa shape index (κ3) is 2.47. The second kappa shape index (κ2) is 5.03. The van der Waals surface area contributed by atoms with Gasteiger partial charge in [0, 0.05) is 29.4 Å². The predicted molar refractivity (Wildman–Crippen MR) is 73.9 cm³/mol. The Hall–Kier alpha value is -1.85. The summed E-state index contributed by atoms with van der Waals surface area (Å²) in [5.74, 6) is 0.758. The molecule has 0 aliphatic carbocycles. The predicted octanol–water partition coefficient (Wildman–Crippen LogP) is 2.49. The molecule has 0 unspecified atom stereocenters. The molecule has 2 N–H and O–H groups in total. The molecule has 0 amide bonds. The Morgan fingerprint density at radius 1 is 1.32 bits per heavy atom. The summed E-state index contributed by atoms with van der Waals surface area (Å²) in [6.45, 7) is 1.49. The number of nitrogens with one attached hydrogen (secondary N) is 2. The summed E-state index contributed by atoms with van der Waals surface area (Å²) in [5, 5.41) is 7.20. The van der Waals surface area contributed by atoms with Crippen molar-refractivity contribution in [3.63, 3.8) is 0 Å². The van der Waals surface area contributed by atoms with Crippen molar-refractivity contribution in [1.82, 2.24) is 15.3 Å². The van der Waals surface area contributed by atoms with Gasteiger partial charge in [0.2, 0.25) is 0 Å². The van der Waals surface area contributed by atoms with Crippen molar-refractivity contribution in [3.05, 3.63) is 40.5 Å². The van der Waals surface area contributed by atoms with Crippen LogP contribution in [0, 0.1) is 0 Å². The minimum absolute atomic E-state index is 0.368. The van der Waals surface area contributed by atoms with E-state index in [0.717, 1.165) is 35.9 Å². The molecule has 1 aromatic heterocycles. The van der Waals surface area contributed by atoms with E-state index in [1.54, 1.807) is 7.11 Å². The van der Waals surface area contributed by atoms with Gasteiger partial charge in [-0.25, -0.2) is 0 Å². The summed E-state index contributed by atoms with van der Waals surface area (Å²) in [6, 6.07) is 7.88. The Balaban J connectivity index is 1.98.